The van der Waals surface area contributed by atoms with Crippen LogP contribution in [0.5, 0.6) is 0 Å². The van der Waals surface area contributed by atoms with E-state index < -0.39 is 0 Å². The zero-order chi connectivity index (χ0) is 16.4. The highest BCUT2D eigenvalue weighted by atomic mass is 16.3. The van der Waals surface area contributed by atoms with Crippen molar-refractivity contribution < 1.29 is 9.21 Å². The number of hydrogen-bond acceptors (Lipinski definition) is 4. The van der Waals surface area contributed by atoms with Gasteiger partial charge in [-0.1, -0.05) is 12.1 Å². The number of para-hydroxylation sites is 1. The Bertz CT molecular complexity index is 911. The van der Waals surface area contributed by atoms with Crippen LogP contribution in [-0.2, 0) is 11.3 Å². The quantitative estimate of drug-likeness (QED) is 0.801. The van der Waals surface area contributed by atoms with Gasteiger partial charge in [0, 0.05) is 5.39 Å². The number of nitrogens with zero attached hydrogens (tertiary/aromatic N) is 2. The Labute approximate surface area is 132 Å². The summed E-state index contributed by atoms with van der Waals surface area (Å²) in [6.45, 7) is 3.74. The highest BCUT2D eigenvalue weighted by Gasteiger charge is 2.14. The number of hydrogen-bond donors (Lipinski definition) is 1. The molecule has 0 radical (unpaired) electrons. The summed E-state index contributed by atoms with van der Waals surface area (Å²) in [4.78, 5) is 24.0. The van der Waals surface area contributed by atoms with Crippen LogP contribution in [0.25, 0.3) is 10.9 Å². The number of aryl methyl sites for hydroxylation is 1. The summed E-state index contributed by atoms with van der Waals surface area (Å²) < 4.78 is 7.02. The summed E-state index contributed by atoms with van der Waals surface area (Å²) in [5.74, 6) is 1.30. The van der Waals surface area contributed by atoms with E-state index in [4.69, 9.17) is 4.42 Å². The molecule has 0 aliphatic heterocycles. The lowest BCUT2D eigenvalue weighted by Gasteiger charge is -2.13. The molecule has 6 heteroatoms. The number of nitrogens with one attached hydrogen (secondary N) is 1. The van der Waals surface area contributed by atoms with Gasteiger partial charge in [-0.3, -0.25) is 14.3 Å². The average molecular weight is 311 g/mol. The van der Waals surface area contributed by atoms with Crippen molar-refractivity contribution in [2.75, 3.05) is 0 Å². The van der Waals surface area contributed by atoms with Crippen molar-refractivity contribution in [2.24, 2.45) is 0 Å². The largest absolute Gasteiger partial charge is 0.464 e. The van der Waals surface area contributed by atoms with E-state index in [0.29, 0.717) is 16.7 Å². The lowest BCUT2D eigenvalue weighted by molar-refractivity contribution is -0.122. The summed E-state index contributed by atoms with van der Waals surface area (Å²) in [6.07, 6.45) is 1.23. The first-order valence-electron chi connectivity index (χ1n) is 7.35. The second kappa shape index (κ2) is 6.08. The first kappa shape index (κ1) is 15.0. The molecule has 1 amide bonds. The van der Waals surface area contributed by atoms with Crippen molar-refractivity contribution >= 4 is 16.8 Å². The van der Waals surface area contributed by atoms with Crippen LogP contribution in [0.15, 0.2) is 51.8 Å². The minimum absolute atomic E-state index is 0.0326. The number of aromatic nitrogens is 2. The summed E-state index contributed by atoms with van der Waals surface area (Å²) >= 11 is 0. The average Bonchev–Trinajstić information content (AvgIpc) is 2.97. The molecule has 0 spiro atoms. The van der Waals surface area contributed by atoms with Crippen LogP contribution in [0.4, 0.5) is 0 Å². The van der Waals surface area contributed by atoms with Gasteiger partial charge in [0.25, 0.3) is 0 Å². The molecule has 3 aromatic rings. The third-order valence-electron chi connectivity index (χ3n) is 3.62. The molecule has 0 saturated carbocycles. The maximum absolute atomic E-state index is 12.2. The zero-order valence-corrected chi connectivity index (χ0v) is 12.9. The van der Waals surface area contributed by atoms with E-state index in [1.807, 2.05) is 32.0 Å². The molecule has 0 bridgehead atoms. The number of carbonyl (C=O) groups excluding carboxylic acids is 1. The molecule has 1 N–H and O–H groups in total. The van der Waals surface area contributed by atoms with Gasteiger partial charge >= 0.3 is 0 Å². The third-order valence-corrected chi connectivity index (χ3v) is 3.62. The molecule has 1 aromatic carbocycles. The van der Waals surface area contributed by atoms with E-state index in [9.17, 15) is 9.59 Å². The highest BCUT2D eigenvalue weighted by Crippen LogP contribution is 2.15. The lowest BCUT2D eigenvalue weighted by atomic mass is 10.2. The van der Waals surface area contributed by atoms with Gasteiger partial charge in [0.05, 0.1) is 17.8 Å². The molecule has 1 unspecified atom stereocenters. The number of furan rings is 1. The van der Waals surface area contributed by atoms with Gasteiger partial charge in [0.15, 0.2) is 0 Å². The Hall–Kier alpha value is -2.89. The number of benzene rings is 1. The minimum atomic E-state index is -0.234. The fourth-order valence-corrected chi connectivity index (χ4v) is 2.47. The van der Waals surface area contributed by atoms with Crippen LogP contribution < -0.4 is 10.7 Å². The van der Waals surface area contributed by atoms with E-state index in [-0.39, 0.29) is 23.9 Å². The van der Waals surface area contributed by atoms with Crippen LogP contribution in [-0.4, -0.2) is 15.7 Å². The van der Waals surface area contributed by atoms with Gasteiger partial charge in [-0.2, -0.15) is 5.10 Å². The monoisotopic (exact) mass is 311 g/mol. The molecule has 2 heterocycles. The molecule has 0 aliphatic carbocycles. The maximum Gasteiger partial charge on any atom is 0.242 e. The summed E-state index contributed by atoms with van der Waals surface area (Å²) in [7, 11) is 0. The predicted molar refractivity (Wildman–Crippen MR) is 86.0 cm³/mol. The van der Waals surface area contributed by atoms with Crippen LogP contribution in [0.1, 0.15) is 24.5 Å². The first-order chi connectivity index (χ1) is 11.0. The zero-order valence-electron chi connectivity index (χ0n) is 12.9. The topological polar surface area (TPSA) is 77.1 Å². The van der Waals surface area contributed by atoms with Gasteiger partial charge in [-0.05, 0) is 38.1 Å². The Morgan fingerprint density at radius 2 is 2.09 bits per heavy atom. The Morgan fingerprint density at radius 1 is 1.30 bits per heavy atom. The second-order valence-electron chi connectivity index (χ2n) is 5.42. The number of carbonyl (C=O) groups is 1. The predicted octanol–water partition coefficient (Wildman–Crippen LogP) is 2.18. The van der Waals surface area contributed by atoms with E-state index in [1.54, 1.807) is 18.2 Å². The van der Waals surface area contributed by atoms with Crippen LogP contribution in [0, 0.1) is 6.92 Å². The Balaban J connectivity index is 1.78. The molecule has 118 valence electrons. The molecule has 1 atom stereocenters. The van der Waals surface area contributed by atoms with Gasteiger partial charge < -0.3 is 9.73 Å². The molecule has 0 saturated heterocycles. The van der Waals surface area contributed by atoms with Crippen molar-refractivity contribution in [2.45, 2.75) is 26.4 Å². The smallest absolute Gasteiger partial charge is 0.242 e. The summed E-state index contributed by atoms with van der Waals surface area (Å²) in [5.41, 5.74) is 0.480. The third kappa shape index (κ3) is 3.15. The van der Waals surface area contributed by atoms with Gasteiger partial charge in [0.1, 0.15) is 18.1 Å². The lowest BCUT2D eigenvalue weighted by Crippen LogP contribution is -2.31. The Kier molecular flexibility index (Phi) is 3.97. The van der Waals surface area contributed by atoms with Crippen molar-refractivity contribution in [1.82, 2.24) is 15.1 Å². The molecule has 3 rings (SSSR count). The fourth-order valence-electron chi connectivity index (χ4n) is 2.47. The molecule has 23 heavy (non-hydrogen) atoms. The normalized spacial score (nSPS) is 12.3. The van der Waals surface area contributed by atoms with Crippen molar-refractivity contribution in [3.63, 3.8) is 0 Å². The maximum atomic E-state index is 12.2. The fraction of sp³-hybridized carbons (Fsp3) is 0.235. The van der Waals surface area contributed by atoms with Crippen molar-refractivity contribution in [3.8, 4) is 0 Å². The Morgan fingerprint density at radius 3 is 2.83 bits per heavy atom. The first-order valence-corrected chi connectivity index (χ1v) is 7.35. The van der Waals surface area contributed by atoms with E-state index in [1.165, 1.54) is 10.9 Å². The second-order valence-corrected chi connectivity index (χ2v) is 5.42. The summed E-state index contributed by atoms with van der Waals surface area (Å²) in [6, 6.07) is 10.6. The molecule has 2 aromatic heterocycles. The molecular formula is C17H17N3O3. The standard InChI is InChI=1S/C17H17N3O3/c1-11-7-8-16(23-11)12(2)19-17(22)10-20-14-6-4-3-5-13(14)15(21)9-18-20/h3-9,12H,10H2,1-2H3,(H,19,22). The molecule has 6 nitrogen and oxygen atoms in total. The van der Waals surface area contributed by atoms with Gasteiger partial charge in [-0.25, -0.2) is 0 Å². The number of rotatable bonds is 4. The van der Waals surface area contributed by atoms with Crippen LogP contribution in [0.2, 0.25) is 0 Å². The highest BCUT2D eigenvalue weighted by molar-refractivity contribution is 5.81. The van der Waals surface area contributed by atoms with Gasteiger partial charge in [-0.15, -0.1) is 0 Å². The molecule has 0 aliphatic rings. The van der Waals surface area contributed by atoms with Crippen molar-refractivity contribution in [3.05, 3.63) is 64.3 Å². The molecule has 0 fully saturated rings. The van der Waals surface area contributed by atoms with Crippen LogP contribution >= 0.6 is 0 Å². The van der Waals surface area contributed by atoms with Crippen molar-refractivity contribution in [1.29, 1.82) is 0 Å². The number of amides is 1. The summed E-state index contributed by atoms with van der Waals surface area (Å²) in [5, 5.41) is 7.46. The van der Waals surface area contributed by atoms with Crippen LogP contribution in [0.3, 0.4) is 0 Å². The van der Waals surface area contributed by atoms with Gasteiger partial charge in [0.2, 0.25) is 11.3 Å². The van der Waals surface area contributed by atoms with E-state index in [2.05, 4.69) is 10.4 Å². The minimum Gasteiger partial charge on any atom is -0.464 e. The SMILES string of the molecule is Cc1ccc(C(C)NC(=O)Cn2ncc(=O)c3ccccc32)o1. The molecular weight excluding hydrogens is 294 g/mol. The number of fused-ring (bicyclic) bond motifs is 1. The van der Waals surface area contributed by atoms with E-state index in [0.717, 1.165) is 5.76 Å². The van der Waals surface area contributed by atoms with E-state index >= 15 is 0 Å².